The molecule has 7 nitrogen and oxygen atoms in total. The van der Waals surface area contributed by atoms with Crippen molar-refractivity contribution in [3.8, 4) is 0 Å². The highest BCUT2D eigenvalue weighted by Crippen LogP contribution is 2.06. The first-order chi connectivity index (χ1) is 8.25. The highest BCUT2D eigenvalue weighted by Gasteiger charge is 2.18. The van der Waals surface area contributed by atoms with Crippen LogP contribution < -0.4 is 22.3 Å². The van der Waals surface area contributed by atoms with E-state index < -0.39 is 11.2 Å². The highest BCUT2D eigenvalue weighted by atomic mass is 16.2. The summed E-state index contributed by atoms with van der Waals surface area (Å²) >= 11 is 0. The molecule has 0 saturated heterocycles. The van der Waals surface area contributed by atoms with Gasteiger partial charge in [0, 0.05) is 11.7 Å². The Morgan fingerprint density at radius 1 is 1.50 bits per heavy atom. The van der Waals surface area contributed by atoms with Crippen molar-refractivity contribution in [2.24, 2.45) is 0 Å². The third-order valence-electron chi connectivity index (χ3n) is 2.71. The van der Waals surface area contributed by atoms with Crippen molar-refractivity contribution < 1.29 is 4.79 Å². The molecule has 1 rings (SSSR count). The molecular formula is C11H18N4O3. The molecule has 0 spiro atoms. The van der Waals surface area contributed by atoms with Gasteiger partial charge in [0.25, 0.3) is 5.56 Å². The first kappa shape index (κ1) is 14.0. The third-order valence-corrected chi connectivity index (χ3v) is 2.71. The summed E-state index contributed by atoms with van der Waals surface area (Å²) < 4.78 is 1.07. The standard InChI is InChI=1S/C11H18N4O3/c1-4-11(2,3)14-8(16)6-15-5-7(12)9(17)13-10(15)18/h5H,4,6,12H2,1-3H3,(H,14,16)(H,13,17,18). The lowest BCUT2D eigenvalue weighted by atomic mass is 10.0. The van der Waals surface area contributed by atoms with Crippen molar-refractivity contribution in [2.75, 3.05) is 5.73 Å². The fraction of sp³-hybridized carbons (Fsp3) is 0.545. The van der Waals surface area contributed by atoms with Crippen LogP contribution in [0.5, 0.6) is 0 Å². The Labute approximate surface area is 104 Å². The van der Waals surface area contributed by atoms with Gasteiger partial charge in [-0.3, -0.25) is 19.1 Å². The molecule has 1 amide bonds. The first-order valence-electron chi connectivity index (χ1n) is 5.65. The van der Waals surface area contributed by atoms with Crippen LogP contribution in [-0.2, 0) is 11.3 Å². The lowest BCUT2D eigenvalue weighted by Crippen LogP contribution is -2.45. The minimum atomic E-state index is -0.654. The van der Waals surface area contributed by atoms with E-state index in [1.165, 1.54) is 6.20 Å². The number of carbonyl (C=O) groups is 1. The van der Waals surface area contributed by atoms with Gasteiger partial charge in [0.15, 0.2) is 0 Å². The number of nitrogens with zero attached hydrogens (tertiary/aromatic N) is 1. The van der Waals surface area contributed by atoms with Crippen LogP contribution in [0.4, 0.5) is 5.69 Å². The van der Waals surface area contributed by atoms with E-state index in [0.29, 0.717) is 0 Å². The molecule has 0 aliphatic rings. The summed E-state index contributed by atoms with van der Waals surface area (Å²) in [5.41, 5.74) is 3.64. The predicted octanol–water partition coefficient (Wildman–Crippen LogP) is -0.576. The maximum absolute atomic E-state index is 11.7. The maximum Gasteiger partial charge on any atom is 0.328 e. The summed E-state index contributed by atoms with van der Waals surface area (Å²) in [4.78, 5) is 36.3. The molecule has 0 radical (unpaired) electrons. The number of carbonyl (C=O) groups excluding carboxylic acids is 1. The number of nitrogen functional groups attached to an aromatic ring is 1. The molecule has 1 aromatic heterocycles. The Kier molecular flexibility index (Phi) is 3.95. The number of hydrogen-bond donors (Lipinski definition) is 3. The summed E-state index contributed by atoms with van der Waals surface area (Å²) in [5, 5.41) is 2.78. The van der Waals surface area contributed by atoms with Crippen LogP contribution in [0.25, 0.3) is 0 Å². The highest BCUT2D eigenvalue weighted by molar-refractivity contribution is 5.76. The van der Waals surface area contributed by atoms with Crippen molar-refractivity contribution >= 4 is 11.6 Å². The quantitative estimate of drug-likeness (QED) is 0.667. The molecule has 0 aromatic carbocycles. The molecule has 1 heterocycles. The largest absolute Gasteiger partial charge is 0.393 e. The second-order valence-electron chi connectivity index (χ2n) is 4.76. The van der Waals surface area contributed by atoms with Gasteiger partial charge < -0.3 is 11.1 Å². The SMILES string of the molecule is CCC(C)(C)NC(=O)Cn1cc(N)c(=O)[nH]c1=O. The number of aromatic nitrogens is 2. The summed E-state index contributed by atoms with van der Waals surface area (Å²) in [7, 11) is 0. The van der Waals surface area contributed by atoms with Gasteiger partial charge >= 0.3 is 5.69 Å². The smallest absolute Gasteiger partial charge is 0.328 e. The Morgan fingerprint density at radius 3 is 2.67 bits per heavy atom. The number of nitrogens with two attached hydrogens (primary N) is 1. The molecule has 18 heavy (non-hydrogen) atoms. The van der Waals surface area contributed by atoms with E-state index >= 15 is 0 Å². The number of aromatic amines is 1. The van der Waals surface area contributed by atoms with Gasteiger partial charge in [-0.15, -0.1) is 0 Å². The van der Waals surface area contributed by atoms with Crippen LogP contribution in [-0.4, -0.2) is 21.0 Å². The molecule has 0 saturated carbocycles. The van der Waals surface area contributed by atoms with Crippen LogP contribution in [0.15, 0.2) is 15.8 Å². The number of nitrogens with one attached hydrogen (secondary N) is 2. The van der Waals surface area contributed by atoms with E-state index in [4.69, 9.17) is 5.73 Å². The zero-order chi connectivity index (χ0) is 13.9. The second-order valence-corrected chi connectivity index (χ2v) is 4.76. The molecule has 0 aliphatic carbocycles. The normalized spacial score (nSPS) is 11.3. The van der Waals surface area contributed by atoms with Gasteiger partial charge in [-0.05, 0) is 20.3 Å². The van der Waals surface area contributed by atoms with Crippen LogP contribution >= 0.6 is 0 Å². The van der Waals surface area contributed by atoms with Crippen molar-refractivity contribution in [1.29, 1.82) is 0 Å². The van der Waals surface area contributed by atoms with Gasteiger partial charge in [-0.1, -0.05) is 6.92 Å². The molecule has 1 aromatic rings. The lowest BCUT2D eigenvalue weighted by molar-refractivity contribution is -0.123. The Morgan fingerprint density at radius 2 is 2.11 bits per heavy atom. The Hall–Kier alpha value is -2.05. The molecule has 100 valence electrons. The molecule has 7 heteroatoms. The van der Waals surface area contributed by atoms with Gasteiger partial charge in [-0.2, -0.15) is 0 Å². The Balaban J connectivity index is 2.86. The molecular weight excluding hydrogens is 236 g/mol. The van der Waals surface area contributed by atoms with E-state index in [9.17, 15) is 14.4 Å². The monoisotopic (exact) mass is 254 g/mol. The van der Waals surface area contributed by atoms with Crippen LogP contribution in [0.1, 0.15) is 27.2 Å². The molecule has 0 aliphatic heterocycles. The van der Waals surface area contributed by atoms with Crippen molar-refractivity contribution in [2.45, 2.75) is 39.3 Å². The maximum atomic E-state index is 11.7. The summed E-state index contributed by atoms with van der Waals surface area (Å²) in [6, 6.07) is 0. The predicted molar refractivity (Wildman–Crippen MR) is 68.2 cm³/mol. The van der Waals surface area contributed by atoms with E-state index in [2.05, 4.69) is 5.32 Å². The number of rotatable bonds is 4. The van der Waals surface area contributed by atoms with Crippen LogP contribution in [0.3, 0.4) is 0 Å². The van der Waals surface area contributed by atoms with Gasteiger partial charge in [0.2, 0.25) is 5.91 Å². The van der Waals surface area contributed by atoms with Crippen molar-refractivity contribution in [1.82, 2.24) is 14.9 Å². The van der Waals surface area contributed by atoms with Gasteiger partial charge in [-0.25, -0.2) is 4.79 Å². The van der Waals surface area contributed by atoms with E-state index in [0.717, 1.165) is 11.0 Å². The topological polar surface area (TPSA) is 110 Å². The summed E-state index contributed by atoms with van der Waals surface area (Å²) in [6.45, 7) is 5.54. The average Bonchev–Trinajstić information content (AvgIpc) is 2.25. The average molecular weight is 254 g/mol. The zero-order valence-corrected chi connectivity index (χ0v) is 10.7. The lowest BCUT2D eigenvalue weighted by Gasteiger charge is -2.24. The molecule has 0 bridgehead atoms. The first-order valence-corrected chi connectivity index (χ1v) is 5.65. The van der Waals surface area contributed by atoms with Crippen molar-refractivity contribution in [3.63, 3.8) is 0 Å². The summed E-state index contributed by atoms with van der Waals surface area (Å²) in [6.07, 6.45) is 1.93. The van der Waals surface area contributed by atoms with Gasteiger partial charge in [0.1, 0.15) is 12.2 Å². The van der Waals surface area contributed by atoms with Crippen molar-refractivity contribution in [3.05, 3.63) is 27.0 Å². The Bertz CT molecular complexity index is 556. The van der Waals surface area contributed by atoms with Crippen LogP contribution in [0.2, 0.25) is 0 Å². The number of H-pyrrole nitrogens is 1. The minimum Gasteiger partial charge on any atom is -0.393 e. The number of amides is 1. The van der Waals surface area contributed by atoms with Gasteiger partial charge in [0.05, 0.1) is 0 Å². The van der Waals surface area contributed by atoms with E-state index in [-0.39, 0.29) is 23.7 Å². The van der Waals surface area contributed by atoms with E-state index in [1.54, 1.807) is 0 Å². The molecule has 0 unspecified atom stereocenters. The molecule has 0 atom stereocenters. The second kappa shape index (κ2) is 5.07. The number of anilines is 1. The fourth-order valence-electron chi connectivity index (χ4n) is 1.30. The summed E-state index contributed by atoms with van der Waals surface area (Å²) in [5.74, 6) is -0.310. The molecule has 0 fully saturated rings. The van der Waals surface area contributed by atoms with Crippen LogP contribution in [0, 0.1) is 0 Å². The minimum absolute atomic E-state index is 0.0999. The fourth-order valence-corrected chi connectivity index (χ4v) is 1.30. The zero-order valence-electron chi connectivity index (χ0n) is 10.7. The van der Waals surface area contributed by atoms with E-state index in [1.807, 2.05) is 25.8 Å². The number of hydrogen-bond acceptors (Lipinski definition) is 4. The third kappa shape index (κ3) is 3.47. The molecule has 4 N–H and O–H groups in total.